The van der Waals surface area contributed by atoms with Gasteiger partial charge in [0.2, 0.25) is 0 Å². The Morgan fingerprint density at radius 3 is 2.43 bits per heavy atom. The third-order valence-electron chi connectivity index (χ3n) is 6.30. The first-order valence-electron chi connectivity index (χ1n) is 12.2. The number of H-pyrrole nitrogens is 1. The fourth-order valence-corrected chi connectivity index (χ4v) is 4.59. The molecule has 0 radical (unpaired) electrons. The van der Waals surface area contributed by atoms with Crippen LogP contribution in [0, 0.1) is 19.3 Å². The van der Waals surface area contributed by atoms with Crippen LogP contribution in [0.5, 0.6) is 5.88 Å². The molecule has 1 heterocycles. The lowest BCUT2D eigenvalue weighted by Crippen LogP contribution is -2.42. The van der Waals surface area contributed by atoms with Crippen LogP contribution in [0.3, 0.4) is 0 Å². The van der Waals surface area contributed by atoms with Gasteiger partial charge >= 0.3 is 5.95 Å². The number of ether oxygens (including phenoxy) is 1. The van der Waals surface area contributed by atoms with Crippen molar-refractivity contribution in [3.63, 3.8) is 0 Å². The van der Waals surface area contributed by atoms with Gasteiger partial charge in [-0.05, 0) is 72.5 Å². The topological polar surface area (TPSA) is 123 Å². The summed E-state index contributed by atoms with van der Waals surface area (Å²) in [6.07, 6.45) is 1.56. The van der Waals surface area contributed by atoms with E-state index in [4.69, 9.17) is 10.5 Å². The van der Waals surface area contributed by atoms with Gasteiger partial charge in [0.1, 0.15) is 6.61 Å². The minimum atomic E-state index is -2.41. The Hall–Kier alpha value is -3.30. The summed E-state index contributed by atoms with van der Waals surface area (Å²) in [6.45, 7) is 10.7. The van der Waals surface area contributed by atoms with Crippen LogP contribution in [0.15, 0.2) is 53.4 Å². The van der Waals surface area contributed by atoms with Crippen molar-refractivity contribution in [3.05, 3.63) is 65.2 Å². The van der Waals surface area contributed by atoms with Crippen LogP contribution in [-0.4, -0.2) is 44.2 Å². The molecule has 0 saturated heterocycles. The predicted molar refractivity (Wildman–Crippen MR) is 144 cm³/mol. The van der Waals surface area contributed by atoms with Crippen LogP contribution < -0.4 is 15.5 Å². The van der Waals surface area contributed by atoms with E-state index in [1.165, 1.54) is 12.1 Å². The van der Waals surface area contributed by atoms with Crippen molar-refractivity contribution in [3.8, 4) is 17.1 Å². The van der Waals surface area contributed by atoms with Crippen LogP contribution in [0.2, 0.25) is 0 Å². The lowest BCUT2D eigenvalue weighted by molar-refractivity contribution is -0.381. The molecule has 2 atom stereocenters. The van der Waals surface area contributed by atoms with Crippen molar-refractivity contribution in [2.75, 3.05) is 19.4 Å². The van der Waals surface area contributed by atoms with Gasteiger partial charge in [0.15, 0.2) is 5.69 Å². The zero-order valence-electron chi connectivity index (χ0n) is 22.3. The molecule has 0 spiro atoms. The molecule has 3 aromatic rings. The molecule has 0 bridgehead atoms. The maximum Gasteiger partial charge on any atom is 0.390 e. The molecule has 37 heavy (non-hydrogen) atoms. The Balaban J connectivity index is 1.86. The Labute approximate surface area is 221 Å². The van der Waals surface area contributed by atoms with Gasteiger partial charge in [-0.1, -0.05) is 50.0 Å². The van der Waals surface area contributed by atoms with Crippen LogP contribution in [0.1, 0.15) is 55.1 Å². The number of carbonyl (C=O) groups excluding carboxylic acids is 1. The van der Waals surface area contributed by atoms with Gasteiger partial charge in [-0.25, -0.2) is 4.98 Å². The lowest BCUT2D eigenvalue weighted by Gasteiger charge is -2.30. The van der Waals surface area contributed by atoms with E-state index < -0.39 is 11.1 Å². The number of likely N-dealkylation sites (N-methyl/N-ethyl adjacent to an activating group) is 1. The standard InChI is InChI=1S/C28H36N4O4S/c1-18-9-7-10-19(2)25(18)23-16-24(31-27(29)30-23)36-17-21(13-14-28(3,4)5)32(6)26(33)20-11-8-12-22(15-20)37(34)35/h7-12,15-16,21H,13-14,17H2,1-6H3,(H,34,35)(H2,29,30,31)/t21-/m1/s1. The van der Waals surface area contributed by atoms with Crippen molar-refractivity contribution < 1.29 is 23.3 Å². The maximum absolute atomic E-state index is 13.3. The molecule has 3 N–H and O–H groups in total. The van der Waals surface area contributed by atoms with Gasteiger partial charge in [0.25, 0.3) is 11.8 Å². The average Bonchev–Trinajstić information content (AvgIpc) is 2.82. The second kappa shape index (κ2) is 11.8. The Morgan fingerprint density at radius 2 is 1.81 bits per heavy atom. The van der Waals surface area contributed by atoms with Crippen molar-refractivity contribution in [2.45, 2.75) is 58.4 Å². The van der Waals surface area contributed by atoms with E-state index >= 15 is 0 Å². The van der Waals surface area contributed by atoms with Crippen molar-refractivity contribution >= 4 is 22.9 Å². The van der Waals surface area contributed by atoms with Gasteiger partial charge in [-0.15, -0.1) is 0 Å². The number of amides is 1. The number of aryl methyl sites for hydroxylation is 2. The van der Waals surface area contributed by atoms with E-state index in [0.29, 0.717) is 23.6 Å². The summed E-state index contributed by atoms with van der Waals surface area (Å²) in [4.78, 5) is 22.4. The highest BCUT2D eigenvalue weighted by atomic mass is 32.2. The van der Waals surface area contributed by atoms with Crippen LogP contribution >= 0.6 is 0 Å². The van der Waals surface area contributed by atoms with E-state index in [2.05, 4.69) is 30.7 Å². The van der Waals surface area contributed by atoms with Gasteiger partial charge < -0.3 is 14.2 Å². The number of anilines is 1. The summed E-state index contributed by atoms with van der Waals surface area (Å²) in [5, 5.41) is 0. The quantitative estimate of drug-likeness (QED) is 0.415. The van der Waals surface area contributed by atoms with E-state index in [9.17, 15) is 13.6 Å². The molecule has 8 nitrogen and oxygen atoms in total. The summed E-state index contributed by atoms with van der Waals surface area (Å²) < 4.78 is 28.9. The second-order valence-corrected chi connectivity index (χ2v) is 11.5. The third kappa shape index (κ3) is 7.60. The number of nitrogens with one attached hydrogen (secondary N) is 1. The van der Waals surface area contributed by atoms with Gasteiger partial charge in [-0.3, -0.25) is 14.7 Å². The molecule has 1 aromatic heterocycles. The number of benzene rings is 2. The maximum atomic E-state index is 13.3. The number of aromatic nitrogens is 2. The molecule has 0 aliphatic rings. The molecular weight excluding hydrogens is 488 g/mol. The van der Waals surface area contributed by atoms with Crippen LogP contribution in [0.4, 0.5) is 5.95 Å². The molecule has 198 valence electrons. The second-order valence-electron chi connectivity index (χ2n) is 10.5. The first-order valence-corrected chi connectivity index (χ1v) is 13.3. The molecule has 1 amide bonds. The third-order valence-corrected chi connectivity index (χ3v) is 6.94. The van der Waals surface area contributed by atoms with E-state index in [1.54, 1.807) is 24.1 Å². The Morgan fingerprint density at radius 1 is 1.16 bits per heavy atom. The van der Waals surface area contributed by atoms with Crippen molar-refractivity contribution in [2.24, 2.45) is 5.41 Å². The highest BCUT2D eigenvalue weighted by Gasteiger charge is 2.25. The van der Waals surface area contributed by atoms with Gasteiger partial charge in [-0.2, -0.15) is 0 Å². The lowest BCUT2D eigenvalue weighted by atomic mass is 9.88. The molecule has 0 fully saturated rings. The predicted octanol–water partition coefficient (Wildman–Crippen LogP) is 4.35. The zero-order valence-corrected chi connectivity index (χ0v) is 23.1. The Bertz CT molecular complexity index is 1270. The number of rotatable bonds is 9. The molecule has 1 unspecified atom stereocenters. The summed E-state index contributed by atoms with van der Waals surface area (Å²) in [6, 6.07) is 13.6. The van der Waals surface area contributed by atoms with Gasteiger partial charge in [0.05, 0.1) is 12.1 Å². The zero-order chi connectivity index (χ0) is 27.3. The van der Waals surface area contributed by atoms with Crippen molar-refractivity contribution in [1.82, 2.24) is 9.88 Å². The summed E-state index contributed by atoms with van der Waals surface area (Å²) in [7, 11) is 1.71. The molecule has 0 aliphatic carbocycles. The minimum Gasteiger partial charge on any atom is -0.768 e. The monoisotopic (exact) mass is 524 g/mol. The van der Waals surface area contributed by atoms with Crippen molar-refractivity contribution in [1.29, 1.82) is 0 Å². The Kier molecular flexibility index (Phi) is 9.04. The van der Waals surface area contributed by atoms with Crippen LogP contribution in [0.25, 0.3) is 11.3 Å². The van der Waals surface area contributed by atoms with Gasteiger partial charge in [0, 0.05) is 23.1 Å². The fourth-order valence-electron chi connectivity index (χ4n) is 4.18. The number of nitrogen functional groups attached to an aromatic ring is 1. The molecular formula is C28H36N4O4S. The average molecular weight is 525 g/mol. The molecule has 3 rings (SSSR count). The normalized spacial score (nSPS) is 13.2. The molecule has 2 aromatic carbocycles. The summed E-state index contributed by atoms with van der Waals surface area (Å²) >= 11 is -2.41. The number of hydrogen-bond donors (Lipinski definition) is 1. The number of aromatic amines is 1. The van der Waals surface area contributed by atoms with E-state index in [0.717, 1.165) is 23.1 Å². The molecule has 0 aliphatic heterocycles. The number of carbonyl (C=O) groups is 1. The van der Waals surface area contributed by atoms with Crippen LogP contribution in [-0.2, 0) is 11.1 Å². The largest absolute Gasteiger partial charge is 0.768 e. The first-order chi connectivity index (χ1) is 17.4. The highest BCUT2D eigenvalue weighted by molar-refractivity contribution is 7.79. The number of hydrogen-bond acceptors (Lipinski definition) is 6. The first kappa shape index (κ1) is 28.3. The SMILES string of the molecule is Cc1cccc(C)c1-c1cc(OC[C@@H](CCC(C)(C)C)N(C)C(=O)c2cccc(S(=O)[O-])c2)[nH+]c(N)n1. The summed E-state index contributed by atoms with van der Waals surface area (Å²) in [5.41, 5.74) is 10.3. The highest BCUT2D eigenvalue weighted by Crippen LogP contribution is 2.28. The molecule has 9 heteroatoms. The summed E-state index contributed by atoms with van der Waals surface area (Å²) in [5.74, 6) is 0.410. The van der Waals surface area contributed by atoms with E-state index in [-0.39, 0.29) is 34.8 Å². The number of nitrogens with two attached hydrogens (primary N) is 1. The van der Waals surface area contributed by atoms with E-state index in [1.807, 2.05) is 38.1 Å². The fraction of sp³-hybridized carbons (Fsp3) is 0.393. The molecule has 0 saturated carbocycles. The number of nitrogens with zero attached hydrogens (tertiary/aromatic N) is 2. The smallest absolute Gasteiger partial charge is 0.390 e. The minimum absolute atomic E-state index is 0.0598.